The number of carbonyl (C=O) groups is 1. The molecular formula is C14H17ClO4. The Balaban J connectivity index is 2.50. The van der Waals surface area contributed by atoms with E-state index < -0.39 is 5.97 Å². The average Bonchev–Trinajstić information content (AvgIpc) is 2.42. The molecule has 0 aliphatic carbocycles. The summed E-state index contributed by atoms with van der Waals surface area (Å²) in [5.41, 5.74) is 0.326. The number of hydrogen-bond acceptors (Lipinski definition) is 4. The van der Waals surface area contributed by atoms with E-state index in [-0.39, 0.29) is 0 Å². The summed E-state index contributed by atoms with van der Waals surface area (Å²) in [7, 11) is 2.98. The molecule has 0 atom stereocenters. The van der Waals surface area contributed by atoms with Gasteiger partial charge in [0.1, 0.15) is 12.4 Å². The van der Waals surface area contributed by atoms with E-state index in [1.807, 2.05) is 12.2 Å². The highest BCUT2D eigenvalue weighted by Crippen LogP contribution is 2.23. The molecule has 0 N–H and O–H groups in total. The van der Waals surface area contributed by atoms with Gasteiger partial charge in [0.2, 0.25) is 0 Å². The summed E-state index contributed by atoms with van der Waals surface area (Å²) in [6.07, 6.45) is 4.73. The lowest BCUT2D eigenvalue weighted by Crippen LogP contribution is -2.02. The van der Waals surface area contributed by atoms with E-state index in [0.717, 1.165) is 6.42 Å². The van der Waals surface area contributed by atoms with Crippen molar-refractivity contribution in [2.45, 2.75) is 6.42 Å². The van der Waals surface area contributed by atoms with Gasteiger partial charge in [-0.15, -0.1) is 0 Å². The third-order valence-electron chi connectivity index (χ3n) is 2.35. The Morgan fingerprint density at radius 2 is 2.11 bits per heavy atom. The standard InChI is InChI=1S/C14H17ClO4/c1-17-8-4-3-5-9-19-11-6-7-12(13(15)10-11)14(16)18-2/h3,5-7,10H,4,8-9H2,1-2H3/b5-3+. The smallest absolute Gasteiger partial charge is 0.339 e. The van der Waals surface area contributed by atoms with E-state index in [1.165, 1.54) is 7.11 Å². The summed E-state index contributed by atoms with van der Waals surface area (Å²) >= 11 is 5.97. The number of halogens is 1. The van der Waals surface area contributed by atoms with Gasteiger partial charge >= 0.3 is 5.97 Å². The molecule has 0 amide bonds. The molecule has 0 aliphatic heterocycles. The molecule has 0 heterocycles. The first-order chi connectivity index (χ1) is 9.19. The molecule has 4 nitrogen and oxygen atoms in total. The van der Waals surface area contributed by atoms with E-state index in [0.29, 0.717) is 29.5 Å². The van der Waals surface area contributed by atoms with Gasteiger partial charge in [0, 0.05) is 13.7 Å². The second-order valence-corrected chi connectivity index (χ2v) is 4.10. The van der Waals surface area contributed by atoms with Crippen LogP contribution in [0.4, 0.5) is 0 Å². The molecule has 5 heteroatoms. The molecule has 1 rings (SSSR count). The fourth-order valence-electron chi connectivity index (χ4n) is 1.38. The zero-order chi connectivity index (χ0) is 14.1. The molecule has 0 saturated heterocycles. The van der Waals surface area contributed by atoms with Gasteiger partial charge in [-0.25, -0.2) is 4.79 Å². The average molecular weight is 285 g/mol. The van der Waals surface area contributed by atoms with Gasteiger partial charge in [-0.2, -0.15) is 0 Å². The zero-order valence-electron chi connectivity index (χ0n) is 11.0. The molecule has 1 aromatic rings. The molecule has 0 spiro atoms. The largest absolute Gasteiger partial charge is 0.489 e. The Labute approximate surface area is 117 Å². The second-order valence-electron chi connectivity index (χ2n) is 3.70. The molecule has 0 radical (unpaired) electrons. The fourth-order valence-corrected chi connectivity index (χ4v) is 1.62. The second kappa shape index (κ2) is 8.56. The van der Waals surface area contributed by atoms with E-state index in [4.69, 9.17) is 21.1 Å². The molecule has 104 valence electrons. The van der Waals surface area contributed by atoms with Crippen molar-refractivity contribution < 1.29 is 19.0 Å². The molecule has 0 bridgehead atoms. The van der Waals surface area contributed by atoms with Crippen LogP contribution in [-0.4, -0.2) is 33.4 Å². The van der Waals surface area contributed by atoms with Gasteiger partial charge in [-0.05, 0) is 24.6 Å². The molecular weight excluding hydrogens is 268 g/mol. The van der Waals surface area contributed by atoms with Crippen LogP contribution in [0.5, 0.6) is 5.75 Å². The minimum Gasteiger partial charge on any atom is -0.489 e. The normalized spacial score (nSPS) is 10.7. The van der Waals surface area contributed by atoms with Crippen molar-refractivity contribution in [1.29, 1.82) is 0 Å². The van der Waals surface area contributed by atoms with Gasteiger partial charge in [0.15, 0.2) is 0 Å². The maximum atomic E-state index is 11.3. The number of methoxy groups -OCH3 is 2. The minimum atomic E-state index is -0.462. The van der Waals surface area contributed by atoms with E-state index in [2.05, 4.69) is 4.74 Å². The maximum Gasteiger partial charge on any atom is 0.339 e. The summed E-state index contributed by atoms with van der Waals surface area (Å²) in [5.74, 6) is 0.144. The van der Waals surface area contributed by atoms with Crippen molar-refractivity contribution >= 4 is 17.6 Å². The van der Waals surface area contributed by atoms with Crippen molar-refractivity contribution in [3.63, 3.8) is 0 Å². The van der Waals surface area contributed by atoms with Crippen molar-refractivity contribution in [2.75, 3.05) is 27.4 Å². The van der Waals surface area contributed by atoms with Gasteiger partial charge in [0.25, 0.3) is 0 Å². The SMILES string of the molecule is COCC/C=C/COc1ccc(C(=O)OC)c(Cl)c1. The lowest BCUT2D eigenvalue weighted by molar-refractivity contribution is 0.0601. The fraction of sp³-hybridized carbons (Fsp3) is 0.357. The maximum absolute atomic E-state index is 11.3. The number of benzene rings is 1. The summed E-state index contributed by atoms with van der Waals surface area (Å²) in [6, 6.07) is 4.86. The number of carbonyl (C=O) groups excluding carboxylic acids is 1. The Hall–Kier alpha value is -1.52. The summed E-state index contributed by atoms with van der Waals surface area (Å²) in [4.78, 5) is 11.3. The van der Waals surface area contributed by atoms with Crippen LogP contribution in [0.3, 0.4) is 0 Å². The van der Waals surface area contributed by atoms with E-state index >= 15 is 0 Å². The highest BCUT2D eigenvalue weighted by Gasteiger charge is 2.10. The zero-order valence-corrected chi connectivity index (χ0v) is 11.8. The Morgan fingerprint density at radius 3 is 2.74 bits per heavy atom. The lowest BCUT2D eigenvalue weighted by Gasteiger charge is -2.06. The third-order valence-corrected chi connectivity index (χ3v) is 2.66. The number of esters is 1. The molecule has 0 aromatic heterocycles. The van der Waals surface area contributed by atoms with Crippen LogP contribution in [0.25, 0.3) is 0 Å². The Kier molecular flexibility index (Phi) is 7.00. The third kappa shape index (κ3) is 5.32. The van der Waals surface area contributed by atoms with E-state index in [1.54, 1.807) is 25.3 Å². The van der Waals surface area contributed by atoms with Crippen molar-refractivity contribution in [1.82, 2.24) is 0 Å². The Bertz CT molecular complexity index is 443. The molecule has 0 unspecified atom stereocenters. The van der Waals surface area contributed by atoms with Crippen molar-refractivity contribution in [3.05, 3.63) is 40.9 Å². The molecule has 0 saturated carbocycles. The topological polar surface area (TPSA) is 44.8 Å². The summed E-state index contributed by atoms with van der Waals surface area (Å²) in [5, 5.41) is 0.313. The molecule has 19 heavy (non-hydrogen) atoms. The van der Waals surface area contributed by atoms with E-state index in [9.17, 15) is 4.79 Å². The number of rotatable bonds is 7. The first-order valence-corrected chi connectivity index (χ1v) is 6.21. The quantitative estimate of drug-likeness (QED) is 0.438. The summed E-state index contributed by atoms with van der Waals surface area (Å²) in [6.45, 7) is 1.13. The first-order valence-electron chi connectivity index (χ1n) is 5.83. The van der Waals surface area contributed by atoms with Crippen LogP contribution >= 0.6 is 11.6 Å². The highest BCUT2D eigenvalue weighted by molar-refractivity contribution is 6.33. The lowest BCUT2D eigenvalue weighted by atomic mass is 10.2. The van der Waals surface area contributed by atoms with Gasteiger partial charge < -0.3 is 14.2 Å². The van der Waals surface area contributed by atoms with Crippen LogP contribution in [0, 0.1) is 0 Å². The molecule has 0 fully saturated rings. The first kappa shape index (κ1) is 15.5. The van der Waals surface area contributed by atoms with Crippen LogP contribution in [-0.2, 0) is 9.47 Å². The molecule has 1 aromatic carbocycles. The van der Waals surface area contributed by atoms with Gasteiger partial charge in [0.05, 0.1) is 17.7 Å². The molecule has 0 aliphatic rings. The van der Waals surface area contributed by atoms with Gasteiger partial charge in [-0.3, -0.25) is 0 Å². The van der Waals surface area contributed by atoms with Crippen LogP contribution < -0.4 is 4.74 Å². The number of ether oxygens (including phenoxy) is 3. The van der Waals surface area contributed by atoms with Crippen molar-refractivity contribution in [3.8, 4) is 5.75 Å². The monoisotopic (exact) mass is 284 g/mol. The van der Waals surface area contributed by atoms with Crippen LogP contribution in [0.15, 0.2) is 30.4 Å². The van der Waals surface area contributed by atoms with Crippen molar-refractivity contribution in [2.24, 2.45) is 0 Å². The number of hydrogen-bond donors (Lipinski definition) is 0. The summed E-state index contributed by atoms with van der Waals surface area (Å²) < 4.78 is 15.0. The van der Waals surface area contributed by atoms with Gasteiger partial charge in [-0.1, -0.05) is 23.8 Å². The Morgan fingerprint density at radius 1 is 1.32 bits per heavy atom. The highest BCUT2D eigenvalue weighted by atomic mass is 35.5. The minimum absolute atomic E-state index is 0.313. The van der Waals surface area contributed by atoms with Crippen LogP contribution in [0.2, 0.25) is 5.02 Å². The predicted molar refractivity (Wildman–Crippen MR) is 73.9 cm³/mol. The predicted octanol–water partition coefficient (Wildman–Crippen LogP) is 3.10. The van der Waals surface area contributed by atoms with Crippen LogP contribution in [0.1, 0.15) is 16.8 Å².